The Balaban J connectivity index is 2.11. The highest BCUT2D eigenvalue weighted by molar-refractivity contribution is 5.83. The van der Waals surface area contributed by atoms with Crippen LogP contribution in [-0.2, 0) is 9.47 Å². The number of fused-ring (bicyclic) bond motifs is 1. The summed E-state index contributed by atoms with van der Waals surface area (Å²) in [4.78, 5) is 0. The van der Waals surface area contributed by atoms with Crippen molar-refractivity contribution in [3.05, 3.63) is 48.0 Å². The Kier molecular flexibility index (Phi) is 5.57. The molecule has 0 aliphatic heterocycles. The first kappa shape index (κ1) is 15.0. The van der Waals surface area contributed by atoms with Crippen LogP contribution in [0.2, 0.25) is 0 Å². The van der Waals surface area contributed by atoms with Gasteiger partial charge < -0.3 is 9.47 Å². The highest BCUT2D eigenvalue weighted by atomic mass is 16.7. The number of ether oxygens (including phenoxy) is 2. The molecule has 2 aromatic rings. The van der Waals surface area contributed by atoms with E-state index in [1.54, 1.807) is 0 Å². The third kappa shape index (κ3) is 3.81. The molecule has 0 amide bonds. The average molecular weight is 272 g/mol. The second kappa shape index (κ2) is 7.41. The molecule has 0 bridgehead atoms. The van der Waals surface area contributed by atoms with E-state index in [0.29, 0.717) is 19.1 Å². The summed E-state index contributed by atoms with van der Waals surface area (Å²) in [6.45, 7) is 7.62. The van der Waals surface area contributed by atoms with Crippen LogP contribution in [0.3, 0.4) is 0 Å². The molecular formula is C18H24O2. The van der Waals surface area contributed by atoms with Crippen LogP contribution in [0.5, 0.6) is 0 Å². The van der Waals surface area contributed by atoms with Gasteiger partial charge in [-0.15, -0.1) is 0 Å². The summed E-state index contributed by atoms with van der Waals surface area (Å²) in [5.74, 6) is 0.419. The van der Waals surface area contributed by atoms with Crippen LogP contribution >= 0.6 is 0 Å². The van der Waals surface area contributed by atoms with E-state index < -0.39 is 0 Å². The molecule has 2 aromatic carbocycles. The number of hydrogen-bond acceptors (Lipinski definition) is 2. The first-order valence-electron chi connectivity index (χ1n) is 7.46. The van der Waals surface area contributed by atoms with Crippen molar-refractivity contribution < 1.29 is 9.47 Å². The van der Waals surface area contributed by atoms with Crippen molar-refractivity contribution in [3.63, 3.8) is 0 Å². The second-order valence-corrected chi connectivity index (χ2v) is 5.08. The molecule has 2 rings (SSSR count). The smallest absolute Gasteiger partial charge is 0.158 e. The molecule has 0 saturated carbocycles. The van der Waals surface area contributed by atoms with Crippen LogP contribution in [-0.4, -0.2) is 19.5 Å². The van der Waals surface area contributed by atoms with E-state index in [1.807, 2.05) is 13.8 Å². The zero-order valence-electron chi connectivity index (χ0n) is 12.6. The Hall–Kier alpha value is -1.38. The lowest BCUT2D eigenvalue weighted by atomic mass is 9.95. The van der Waals surface area contributed by atoms with Crippen molar-refractivity contribution in [1.29, 1.82) is 0 Å². The van der Waals surface area contributed by atoms with Gasteiger partial charge in [0.25, 0.3) is 0 Å². The minimum absolute atomic E-state index is 0.105. The van der Waals surface area contributed by atoms with Crippen LogP contribution in [0.15, 0.2) is 42.5 Å². The molecule has 0 fully saturated rings. The third-order valence-corrected chi connectivity index (χ3v) is 3.59. The predicted octanol–water partition coefficient (Wildman–Crippen LogP) is 4.73. The van der Waals surface area contributed by atoms with Crippen LogP contribution in [0.1, 0.15) is 38.7 Å². The van der Waals surface area contributed by atoms with Gasteiger partial charge in [-0.3, -0.25) is 0 Å². The molecule has 0 radical (unpaired) electrons. The summed E-state index contributed by atoms with van der Waals surface area (Å²) in [7, 11) is 0. The van der Waals surface area contributed by atoms with Crippen molar-refractivity contribution in [1.82, 2.24) is 0 Å². The van der Waals surface area contributed by atoms with E-state index in [1.165, 1.54) is 16.3 Å². The average Bonchev–Trinajstić information content (AvgIpc) is 2.47. The number of hydrogen-bond donors (Lipinski definition) is 0. The molecule has 0 aliphatic rings. The van der Waals surface area contributed by atoms with Crippen molar-refractivity contribution >= 4 is 10.8 Å². The maximum atomic E-state index is 5.64. The molecule has 0 heterocycles. The van der Waals surface area contributed by atoms with Crippen LogP contribution in [0.4, 0.5) is 0 Å². The molecule has 0 aliphatic carbocycles. The fourth-order valence-corrected chi connectivity index (χ4v) is 2.50. The van der Waals surface area contributed by atoms with Crippen LogP contribution < -0.4 is 0 Å². The van der Waals surface area contributed by atoms with E-state index in [9.17, 15) is 0 Å². The maximum Gasteiger partial charge on any atom is 0.158 e. The van der Waals surface area contributed by atoms with Gasteiger partial charge in [-0.25, -0.2) is 0 Å². The van der Waals surface area contributed by atoms with Gasteiger partial charge in [-0.1, -0.05) is 49.4 Å². The van der Waals surface area contributed by atoms with Crippen LogP contribution in [0.25, 0.3) is 10.8 Å². The minimum atomic E-state index is -0.105. The lowest BCUT2D eigenvalue weighted by Gasteiger charge is -2.21. The Morgan fingerprint density at radius 3 is 2.20 bits per heavy atom. The van der Waals surface area contributed by atoms with Gasteiger partial charge >= 0.3 is 0 Å². The largest absolute Gasteiger partial charge is 0.353 e. The van der Waals surface area contributed by atoms with E-state index in [4.69, 9.17) is 9.47 Å². The van der Waals surface area contributed by atoms with Crippen molar-refractivity contribution in [2.24, 2.45) is 0 Å². The Morgan fingerprint density at radius 2 is 1.55 bits per heavy atom. The lowest BCUT2D eigenvalue weighted by molar-refractivity contribution is -0.141. The van der Waals surface area contributed by atoms with E-state index in [0.717, 1.165) is 6.42 Å². The first-order valence-corrected chi connectivity index (χ1v) is 7.46. The zero-order valence-corrected chi connectivity index (χ0v) is 12.6. The molecule has 0 aromatic heterocycles. The molecular weight excluding hydrogens is 248 g/mol. The monoisotopic (exact) mass is 272 g/mol. The zero-order chi connectivity index (χ0) is 14.4. The molecule has 2 nitrogen and oxygen atoms in total. The summed E-state index contributed by atoms with van der Waals surface area (Å²) < 4.78 is 11.3. The van der Waals surface area contributed by atoms with E-state index >= 15 is 0 Å². The van der Waals surface area contributed by atoms with Crippen LogP contribution in [0, 0.1) is 0 Å². The molecule has 1 atom stereocenters. The third-order valence-electron chi connectivity index (χ3n) is 3.59. The standard InChI is InChI=1S/C18H24O2/c1-4-19-18(20-5-2)12-14(3)16-11-10-15-8-6-7-9-17(15)13-16/h6-11,13-14,18H,4-5,12H2,1-3H3/t14-/m0/s1. The van der Waals surface area contributed by atoms with Gasteiger partial charge in [0.2, 0.25) is 0 Å². The van der Waals surface area contributed by atoms with Gasteiger partial charge in [0.1, 0.15) is 0 Å². The summed E-state index contributed by atoms with van der Waals surface area (Å²) in [6, 6.07) is 15.1. The molecule has 0 N–H and O–H groups in total. The fraction of sp³-hybridized carbons (Fsp3) is 0.444. The van der Waals surface area contributed by atoms with Gasteiger partial charge in [0.15, 0.2) is 6.29 Å². The highest BCUT2D eigenvalue weighted by Crippen LogP contribution is 2.26. The van der Waals surface area contributed by atoms with Crippen molar-refractivity contribution in [2.75, 3.05) is 13.2 Å². The SMILES string of the molecule is CCOC(C[C@H](C)c1ccc2ccccc2c1)OCC. The normalized spacial score (nSPS) is 13.0. The summed E-state index contributed by atoms with van der Waals surface area (Å²) in [6.07, 6.45) is 0.784. The van der Waals surface area contributed by atoms with Crippen molar-refractivity contribution in [2.45, 2.75) is 39.4 Å². The van der Waals surface area contributed by atoms with Gasteiger partial charge in [-0.2, -0.15) is 0 Å². The molecule has 2 heteroatoms. The minimum Gasteiger partial charge on any atom is -0.353 e. The first-order chi connectivity index (χ1) is 9.74. The number of rotatable bonds is 7. The maximum absolute atomic E-state index is 5.64. The summed E-state index contributed by atoms with van der Waals surface area (Å²) in [5, 5.41) is 2.58. The molecule has 20 heavy (non-hydrogen) atoms. The molecule has 0 spiro atoms. The Labute approximate surface area is 121 Å². The highest BCUT2D eigenvalue weighted by Gasteiger charge is 2.15. The second-order valence-electron chi connectivity index (χ2n) is 5.08. The molecule has 0 unspecified atom stereocenters. The Bertz CT molecular complexity index is 530. The summed E-state index contributed by atoms with van der Waals surface area (Å²) in [5.41, 5.74) is 1.34. The Morgan fingerprint density at radius 1 is 0.900 bits per heavy atom. The van der Waals surface area contributed by atoms with Gasteiger partial charge in [-0.05, 0) is 36.1 Å². The quantitative estimate of drug-likeness (QED) is 0.678. The fourth-order valence-electron chi connectivity index (χ4n) is 2.50. The van der Waals surface area contributed by atoms with Gasteiger partial charge in [0.05, 0.1) is 0 Å². The van der Waals surface area contributed by atoms with Gasteiger partial charge in [0, 0.05) is 19.6 Å². The van der Waals surface area contributed by atoms with E-state index in [2.05, 4.69) is 49.4 Å². The topological polar surface area (TPSA) is 18.5 Å². The number of benzene rings is 2. The van der Waals surface area contributed by atoms with Crippen molar-refractivity contribution in [3.8, 4) is 0 Å². The lowest BCUT2D eigenvalue weighted by Crippen LogP contribution is -2.19. The predicted molar refractivity (Wildman–Crippen MR) is 84.0 cm³/mol. The molecule has 108 valence electrons. The van der Waals surface area contributed by atoms with E-state index in [-0.39, 0.29) is 6.29 Å². The molecule has 0 saturated heterocycles. The summed E-state index contributed by atoms with van der Waals surface area (Å²) >= 11 is 0.